The van der Waals surface area contributed by atoms with Crippen LogP contribution in [0.5, 0.6) is 0 Å². The zero-order chi connectivity index (χ0) is 19.7. The fourth-order valence-electron chi connectivity index (χ4n) is 3.66. The third kappa shape index (κ3) is 3.52. The predicted molar refractivity (Wildman–Crippen MR) is 101 cm³/mol. The van der Waals surface area contributed by atoms with Gasteiger partial charge >= 0.3 is 0 Å². The average Bonchev–Trinajstić information content (AvgIpc) is 3.19. The van der Waals surface area contributed by atoms with Crippen molar-refractivity contribution in [2.45, 2.75) is 32.4 Å². The van der Waals surface area contributed by atoms with E-state index >= 15 is 4.39 Å². The van der Waals surface area contributed by atoms with Crippen molar-refractivity contribution >= 4 is 5.91 Å². The Hall–Kier alpha value is -3.09. The number of rotatable bonds is 3. The third-order valence-corrected chi connectivity index (χ3v) is 4.95. The van der Waals surface area contributed by atoms with Gasteiger partial charge < -0.3 is 9.42 Å². The number of benzene rings is 1. The van der Waals surface area contributed by atoms with Crippen LogP contribution in [-0.2, 0) is 5.67 Å². The van der Waals surface area contributed by atoms with Crippen LogP contribution in [0.15, 0.2) is 47.2 Å². The molecule has 2 aromatic heterocycles. The molecule has 0 bridgehead atoms. The lowest BCUT2D eigenvalue weighted by Crippen LogP contribution is -2.46. The highest BCUT2D eigenvalue weighted by molar-refractivity contribution is 5.94. The van der Waals surface area contributed by atoms with Gasteiger partial charge in [-0.3, -0.25) is 9.78 Å². The fraction of sp³-hybridized carbons (Fsp3) is 0.333. The molecule has 1 aliphatic heterocycles. The molecule has 0 saturated carbocycles. The highest BCUT2D eigenvalue weighted by atomic mass is 19.1. The summed E-state index contributed by atoms with van der Waals surface area (Å²) < 4.78 is 21.0. The second kappa shape index (κ2) is 7.14. The topological polar surface area (TPSA) is 72.1 Å². The third-order valence-electron chi connectivity index (χ3n) is 4.95. The van der Waals surface area contributed by atoms with Gasteiger partial charge in [-0.2, -0.15) is 4.98 Å². The minimum absolute atomic E-state index is 0.0859. The molecular formula is C21H21FN4O2. The number of halogens is 1. The van der Waals surface area contributed by atoms with Crippen molar-refractivity contribution in [2.24, 2.45) is 0 Å². The van der Waals surface area contributed by atoms with Crippen molar-refractivity contribution in [3.8, 4) is 11.4 Å². The number of amides is 1. The van der Waals surface area contributed by atoms with E-state index in [9.17, 15) is 4.79 Å². The van der Waals surface area contributed by atoms with E-state index in [0.29, 0.717) is 29.9 Å². The predicted octanol–water partition coefficient (Wildman–Crippen LogP) is 3.85. The van der Waals surface area contributed by atoms with E-state index < -0.39 is 5.67 Å². The van der Waals surface area contributed by atoms with Crippen molar-refractivity contribution in [3.63, 3.8) is 0 Å². The van der Waals surface area contributed by atoms with Crippen LogP contribution in [0.1, 0.15) is 40.2 Å². The molecule has 0 aliphatic carbocycles. The summed E-state index contributed by atoms with van der Waals surface area (Å²) in [5, 5.41) is 3.90. The molecule has 1 aromatic carbocycles. The van der Waals surface area contributed by atoms with E-state index in [0.717, 1.165) is 11.1 Å². The molecular weight excluding hydrogens is 359 g/mol. The van der Waals surface area contributed by atoms with Crippen molar-refractivity contribution in [3.05, 3.63) is 65.3 Å². The molecule has 3 heterocycles. The zero-order valence-corrected chi connectivity index (χ0v) is 15.9. The molecule has 4 rings (SSSR count). The summed E-state index contributed by atoms with van der Waals surface area (Å²) in [6, 6.07) is 9.13. The number of likely N-dealkylation sites (tertiary alicyclic amines) is 1. The lowest BCUT2D eigenvalue weighted by Gasteiger charge is -2.35. The second-order valence-corrected chi connectivity index (χ2v) is 7.33. The van der Waals surface area contributed by atoms with Crippen molar-refractivity contribution in [2.75, 3.05) is 13.1 Å². The summed E-state index contributed by atoms with van der Waals surface area (Å²) in [6.45, 7) is 4.29. The Morgan fingerprint density at radius 1 is 1.18 bits per heavy atom. The molecule has 1 aliphatic rings. The van der Waals surface area contributed by atoms with Gasteiger partial charge in [-0.25, -0.2) is 4.39 Å². The number of hydrogen-bond donors (Lipinski definition) is 0. The summed E-state index contributed by atoms with van der Waals surface area (Å²) in [5.74, 6) is 0.0480. The molecule has 0 spiro atoms. The second-order valence-electron chi connectivity index (χ2n) is 7.33. The number of pyridine rings is 1. The smallest absolute Gasteiger partial charge is 0.266 e. The standard InChI is InChI=1S/C21H21FN4O2/c1-14-10-15(2)12-17(11-14)19(27)26-9-3-6-21(22,13-26)20-24-18(25-28-20)16-4-7-23-8-5-16/h4-5,7-8,10-12H,3,6,9,13H2,1-2H3. The molecule has 1 saturated heterocycles. The largest absolute Gasteiger partial charge is 0.335 e. The van der Waals surface area contributed by atoms with Gasteiger partial charge in [-0.15, -0.1) is 0 Å². The monoisotopic (exact) mass is 380 g/mol. The maximum absolute atomic E-state index is 15.7. The van der Waals surface area contributed by atoms with Crippen LogP contribution in [-0.4, -0.2) is 39.0 Å². The first-order chi connectivity index (χ1) is 13.4. The normalized spacial score (nSPS) is 19.6. The summed E-state index contributed by atoms with van der Waals surface area (Å²) in [5.41, 5.74) is 1.43. The number of alkyl halides is 1. The van der Waals surface area contributed by atoms with E-state index in [2.05, 4.69) is 15.1 Å². The Balaban J connectivity index is 1.57. The Morgan fingerprint density at radius 3 is 2.61 bits per heavy atom. The van der Waals surface area contributed by atoms with E-state index in [1.165, 1.54) is 4.90 Å². The Bertz CT molecular complexity index is 984. The van der Waals surface area contributed by atoms with Crippen LogP contribution in [0.4, 0.5) is 4.39 Å². The number of aryl methyl sites for hydroxylation is 2. The number of carbonyl (C=O) groups excluding carboxylic acids is 1. The molecule has 1 unspecified atom stereocenters. The Morgan fingerprint density at radius 2 is 1.89 bits per heavy atom. The number of aromatic nitrogens is 3. The summed E-state index contributed by atoms with van der Waals surface area (Å²) in [7, 11) is 0. The lowest BCUT2D eigenvalue weighted by molar-refractivity contribution is 0.0152. The van der Waals surface area contributed by atoms with E-state index in [1.54, 1.807) is 24.5 Å². The molecule has 1 atom stereocenters. The van der Waals surface area contributed by atoms with Gasteiger partial charge in [0.25, 0.3) is 11.8 Å². The van der Waals surface area contributed by atoms with Crippen molar-refractivity contribution < 1.29 is 13.7 Å². The maximum Gasteiger partial charge on any atom is 0.266 e. The Kier molecular flexibility index (Phi) is 4.66. The van der Waals surface area contributed by atoms with Crippen LogP contribution in [0.3, 0.4) is 0 Å². The van der Waals surface area contributed by atoms with E-state index in [1.807, 2.05) is 32.0 Å². The van der Waals surface area contributed by atoms with Crippen LogP contribution in [0, 0.1) is 13.8 Å². The SMILES string of the molecule is Cc1cc(C)cc(C(=O)N2CCCC(F)(c3nc(-c4ccncc4)no3)C2)c1. The number of nitrogens with zero attached hydrogens (tertiary/aromatic N) is 4. The number of piperidine rings is 1. The highest BCUT2D eigenvalue weighted by Gasteiger charge is 2.44. The highest BCUT2D eigenvalue weighted by Crippen LogP contribution is 2.36. The van der Waals surface area contributed by atoms with Gasteiger partial charge in [0, 0.05) is 30.1 Å². The molecule has 0 radical (unpaired) electrons. The van der Waals surface area contributed by atoms with E-state index in [4.69, 9.17) is 4.52 Å². The minimum atomic E-state index is -1.86. The van der Waals surface area contributed by atoms with Crippen LogP contribution >= 0.6 is 0 Å². The lowest BCUT2D eigenvalue weighted by atomic mass is 9.93. The molecule has 1 fully saturated rings. The van der Waals surface area contributed by atoms with Gasteiger partial charge in [0.05, 0.1) is 6.54 Å². The molecule has 7 heteroatoms. The van der Waals surface area contributed by atoms with Crippen molar-refractivity contribution in [1.82, 2.24) is 20.0 Å². The van der Waals surface area contributed by atoms with E-state index in [-0.39, 0.29) is 24.8 Å². The summed E-state index contributed by atoms with van der Waals surface area (Å²) >= 11 is 0. The first-order valence-electron chi connectivity index (χ1n) is 9.26. The van der Waals surface area contributed by atoms with Crippen molar-refractivity contribution in [1.29, 1.82) is 0 Å². The summed E-state index contributed by atoms with van der Waals surface area (Å²) in [4.78, 5) is 22.7. The van der Waals surface area contributed by atoms with Gasteiger partial charge in [0.2, 0.25) is 11.5 Å². The molecule has 144 valence electrons. The minimum Gasteiger partial charge on any atom is -0.335 e. The maximum atomic E-state index is 15.7. The summed E-state index contributed by atoms with van der Waals surface area (Å²) in [6.07, 6.45) is 3.99. The first-order valence-corrected chi connectivity index (χ1v) is 9.26. The molecule has 0 N–H and O–H groups in total. The zero-order valence-electron chi connectivity index (χ0n) is 15.9. The van der Waals surface area contributed by atoms with Gasteiger partial charge in [-0.1, -0.05) is 22.3 Å². The Labute approximate surface area is 162 Å². The van der Waals surface area contributed by atoms with Crippen LogP contribution in [0.2, 0.25) is 0 Å². The average molecular weight is 380 g/mol. The number of hydrogen-bond acceptors (Lipinski definition) is 5. The number of carbonyl (C=O) groups is 1. The molecule has 1 amide bonds. The first kappa shape index (κ1) is 18.3. The molecule has 28 heavy (non-hydrogen) atoms. The van der Waals surface area contributed by atoms with Gasteiger partial charge in [0.15, 0.2) is 0 Å². The molecule has 3 aromatic rings. The fourth-order valence-corrected chi connectivity index (χ4v) is 3.66. The van der Waals surface area contributed by atoms with Gasteiger partial charge in [0.1, 0.15) is 0 Å². The van der Waals surface area contributed by atoms with Gasteiger partial charge in [-0.05, 0) is 51.0 Å². The molecule has 6 nitrogen and oxygen atoms in total. The quantitative estimate of drug-likeness (QED) is 0.690. The van der Waals surface area contributed by atoms with Crippen LogP contribution < -0.4 is 0 Å². The van der Waals surface area contributed by atoms with Crippen LogP contribution in [0.25, 0.3) is 11.4 Å².